The third kappa shape index (κ3) is 4.37. The monoisotopic (exact) mass is 302 g/mol. The minimum Gasteiger partial charge on any atom is -0.328 e. The molecule has 2 atom stereocenters. The summed E-state index contributed by atoms with van der Waals surface area (Å²) in [6, 6.07) is 5.28. The third-order valence-electron chi connectivity index (χ3n) is 2.84. The molecule has 2 nitrogen and oxygen atoms in total. The molecule has 0 aliphatic carbocycles. The highest BCUT2D eigenvalue weighted by molar-refractivity contribution is 9.10. The number of nitrogens with two attached hydrogens (primary N) is 1. The first-order chi connectivity index (χ1) is 7.91. The summed E-state index contributed by atoms with van der Waals surface area (Å²) in [6.45, 7) is 1.98. The van der Waals surface area contributed by atoms with Gasteiger partial charge in [-0.05, 0) is 52.1 Å². The second-order valence-corrected chi connectivity index (χ2v) is 5.62. The van der Waals surface area contributed by atoms with Gasteiger partial charge in [-0.15, -0.1) is 0 Å². The number of nitrogens with zero attached hydrogens (tertiary/aromatic N) is 1. The molecule has 0 amide bonds. The molecule has 17 heavy (non-hydrogen) atoms. The predicted molar refractivity (Wildman–Crippen MR) is 73.4 cm³/mol. The van der Waals surface area contributed by atoms with E-state index in [9.17, 15) is 4.39 Å². The lowest BCUT2D eigenvalue weighted by atomic mass is 9.98. The Morgan fingerprint density at radius 1 is 1.35 bits per heavy atom. The molecule has 0 heterocycles. The van der Waals surface area contributed by atoms with Crippen LogP contribution in [0.4, 0.5) is 4.39 Å². The van der Waals surface area contributed by atoms with Crippen LogP contribution in [0.1, 0.15) is 31.4 Å². The van der Waals surface area contributed by atoms with Crippen molar-refractivity contribution < 1.29 is 4.39 Å². The van der Waals surface area contributed by atoms with Crippen LogP contribution in [0.2, 0.25) is 0 Å². The van der Waals surface area contributed by atoms with Gasteiger partial charge in [0.15, 0.2) is 0 Å². The van der Waals surface area contributed by atoms with E-state index in [0.717, 1.165) is 22.9 Å². The highest BCUT2D eigenvalue weighted by atomic mass is 79.9. The zero-order valence-corrected chi connectivity index (χ0v) is 12.2. The van der Waals surface area contributed by atoms with E-state index in [1.54, 1.807) is 6.07 Å². The topological polar surface area (TPSA) is 29.3 Å². The highest BCUT2D eigenvalue weighted by Gasteiger charge is 2.18. The third-order valence-corrected chi connectivity index (χ3v) is 3.33. The summed E-state index contributed by atoms with van der Waals surface area (Å²) in [6.07, 6.45) is 1.74. The fraction of sp³-hybridized carbons (Fsp3) is 0.538. The molecule has 2 unspecified atom stereocenters. The highest BCUT2D eigenvalue weighted by Crippen LogP contribution is 2.28. The van der Waals surface area contributed by atoms with Crippen LogP contribution in [0.3, 0.4) is 0 Å². The van der Waals surface area contributed by atoms with Gasteiger partial charge in [0, 0.05) is 22.1 Å². The Morgan fingerprint density at radius 3 is 2.53 bits per heavy atom. The molecule has 1 aromatic carbocycles. The van der Waals surface area contributed by atoms with Crippen LogP contribution in [0, 0.1) is 5.82 Å². The summed E-state index contributed by atoms with van der Waals surface area (Å²) in [5.74, 6) is -0.156. The smallest absolute Gasteiger partial charge is 0.128 e. The molecule has 0 bridgehead atoms. The Morgan fingerprint density at radius 2 is 2.00 bits per heavy atom. The zero-order chi connectivity index (χ0) is 13.0. The molecule has 2 N–H and O–H groups in total. The number of rotatable bonds is 5. The first kappa shape index (κ1) is 14.6. The summed E-state index contributed by atoms with van der Waals surface area (Å²) >= 11 is 3.38. The lowest BCUT2D eigenvalue weighted by Crippen LogP contribution is -2.24. The van der Waals surface area contributed by atoms with Gasteiger partial charge < -0.3 is 10.6 Å². The van der Waals surface area contributed by atoms with Crippen molar-refractivity contribution in [2.24, 2.45) is 5.73 Å². The molecule has 0 aliphatic heterocycles. The van der Waals surface area contributed by atoms with Gasteiger partial charge in [-0.25, -0.2) is 4.39 Å². The normalized spacial score (nSPS) is 15.0. The van der Waals surface area contributed by atoms with E-state index in [-0.39, 0.29) is 17.9 Å². The standard InChI is InChI=1S/C13H20BrFN2/c1-9(16)4-7-13(17(2)3)11-8-10(14)5-6-12(11)15/h5-6,8-9,13H,4,7,16H2,1-3H3. The van der Waals surface area contributed by atoms with Gasteiger partial charge in [-0.1, -0.05) is 15.9 Å². The Labute approximate surface area is 111 Å². The quantitative estimate of drug-likeness (QED) is 0.904. The molecular weight excluding hydrogens is 283 g/mol. The van der Waals surface area contributed by atoms with E-state index in [1.807, 2.05) is 32.0 Å². The summed E-state index contributed by atoms with van der Waals surface area (Å²) in [5.41, 5.74) is 6.49. The minimum atomic E-state index is -0.156. The maximum atomic E-state index is 13.8. The molecular formula is C13H20BrFN2. The zero-order valence-electron chi connectivity index (χ0n) is 10.6. The Balaban J connectivity index is 2.92. The van der Waals surface area contributed by atoms with Crippen LogP contribution in [-0.2, 0) is 0 Å². The fourth-order valence-electron chi connectivity index (χ4n) is 1.88. The van der Waals surface area contributed by atoms with Gasteiger partial charge in [0.25, 0.3) is 0 Å². The van der Waals surface area contributed by atoms with Crippen LogP contribution < -0.4 is 5.73 Å². The van der Waals surface area contributed by atoms with Crippen molar-refractivity contribution in [1.29, 1.82) is 0 Å². The van der Waals surface area contributed by atoms with E-state index in [1.165, 1.54) is 6.07 Å². The molecule has 1 rings (SSSR count). The largest absolute Gasteiger partial charge is 0.328 e. The van der Waals surface area contributed by atoms with Crippen molar-refractivity contribution in [3.05, 3.63) is 34.1 Å². The average Bonchev–Trinajstić information content (AvgIpc) is 2.22. The summed E-state index contributed by atoms with van der Waals surface area (Å²) in [7, 11) is 3.93. The number of hydrogen-bond donors (Lipinski definition) is 1. The van der Waals surface area contributed by atoms with Crippen LogP contribution >= 0.6 is 15.9 Å². The van der Waals surface area contributed by atoms with E-state index >= 15 is 0 Å². The molecule has 4 heteroatoms. The van der Waals surface area contributed by atoms with E-state index in [2.05, 4.69) is 15.9 Å². The van der Waals surface area contributed by atoms with Gasteiger partial charge in [-0.3, -0.25) is 0 Å². The predicted octanol–water partition coefficient (Wildman–Crippen LogP) is 3.32. The van der Waals surface area contributed by atoms with Crippen molar-refractivity contribution in [1.82, 2.24) is 4.90 Å². The van der Waals surface area contributed by atoms with Gasteiger partial charge in [0.05, 0.1) is 0 Å². The molecule has 96 valence electrons. The number of benzene rings is 1. The molecule has 0 aromatic heterocycles. The second kappa shape index (κ2) is 6.47. The maximum Gasteiger partial charge on any atom is 0.128 e. The molecule has 0 saturated carbocycles. The van der Waals surface area contributed by atoms with Crippen LogP contribution in [0.5, 0.6) is 0 Å². The molecule has 0 spiro atoms. The first-order valence-electron chi connectivity index (χ1n) is 5.78. The SMILES string of the molecule is CC(N)CCC(c1cc(Br)ccc1F)N(C)C. The molecule has 0 radical (unpaired) electrons. The lowest BCUT2D eigenvalue weighted by molar-refractivity contribution is 0.268. The van der Waals surface area contributed by atoms with Crippen molar-refractivity contribution >= 4 is 15.9 Å². The number of halogens is 2. The van der Waals surface area contributed by atoms with Crippen LogP contribution in [0.15, 0.2) is 22.7 Å². The maximum absolute atomic E-state index is 13.8. The minimum absolute atomic E-state index is 0.0681. The van der Waals surface area contributed by atoms with Crippen LogP contribution in [0.25, 0.3) is 0 Å². The van der Waals surface area contributed by atoms with Gasteiger partial charge in [0.1, 0.15) is 5.82 Å². The van der Waals surface area contributed by atoms with Gasteiger partial charge >= 0.3 is 0 Å². The average molecular weight is 303 g/mol. The Hall–Kier alpha value is -0.450. The molecule has 0 fully saturated rings. The van der Waals surface area contributed by atoms with Crippen LogP contribution in [-0.4, -0.2) is 25.0 Å². The Kier molecular flexibility index (Phi) is 5.56. The van der Waals surface area contributed by atoms with E-state index in [0.29, 0.717) is 0 Å². The van der Waals surface area contributed by atoms with E-state index < -0.39 is 0 Å². The summed E-state index contributed by atoms with van der Waals surface area (Å²) in [4.78, 5) is 2.03. The second-order valence-electron chi connectivity index (χ2n) is 4.70. The molecule has 1 aromatic rings. The first-order valence-corrected chi connectivity index (χ1v) is 6.58. The van der Waals surface area contributed by atoms with E-state index in [4.69, 9.17) is 5.73 Å². The Bertz CT molecular complexity index is 366. The summed E-state index contributed by atoms with van der Waals surface area (Å²) in [5, 5.41) is 0. The van der Waals surface area contributed by atoms with Gasteiger partial charge in [0.2, 0.25) is 0 Å². The molecule has 0 aliphatic rings. The van der Waals surface area contributed by atoms with Crippen molar-refractivity contribution in [3.63, 3.8) is 0 Å². The lowest BCUT2D eigenvalue weighted by Gasteiger charge is -2.26. The fourth-order valence-corrected chi connectivity index (χ4v) is 2.26. The molecule has 0 saturated heterocycles. The number of hydrogen-bond acceptors (Lipinski definition) is 2. The van der Waals surface area contributed by atoms with Gasteiger partial charge in [-0.2, -0.15) is 0 Å². The van der Waals surface area contributed by atoms with Crippen molar-refractivity contribution in [3.8, 4) is 0 Å². The van der Waals surface area contributed by atoms with Crippen molar-refractivity contribution in [2.75, 3.05) is 14.1 Å². The van der Waals surface area contributed by atoms with Crippen molar-refractivity contribution in [2.45, 2.75) is 31.8 Å². The summed E-state index contributed by atoms with van der Waals surface area (Å²) < 4.78 is 14.7.